The number of unbranched alkanes of at least 4 members (excludes halogenated alkanes) is 2. The van der Waals surface area contributed by atoms with Gasteiger partial charge in [0.05, 0.1) is 13.2 Å². The number of nitriles is 1. The number of hydrogen-bond donors (Lipinski definition) is 2. The van der Waals surface area contributed by atoms with Crippen molar-refractivity contribution in [3.63, 3.8) is 0 Å². The summed E-state index contributed by atoms with van der Waals surface area (Å²) in [6, 6.07) is 1.77. The smallest absolute Gasteiger partial charge is 0.333 e. The molecule has 0 unspecified atom stereocenters. The van der Waals surface area contributed by atoms with Crippen LogP contribution >= 0.6 is 12.2 Å². The highest BCUT2D eigenvalue weighted by molar-refractivity contribution is 7.80. The van der Waals surface area contributed by atoms with Crippen LogP contribution in [0.15, 0.2) is 0 Å². The van der Waals surface area contributed by atoms with E-state index in [1.165, 1.54) is 0 Å². The molecule has 1 aliphatic rings. The zero-order chi connectivity index (χ0) is 16.8. The van der Waals surface area contributed by atoms with Gasteiger partial charge >= 0.3 is 5.97 Å². The van der Waals surface area contributed by atoms with Crippen LogP contribution in [0.1, 0.15) is 39.0 Å². The van der Waals surface area contributed by atoms with Gasteiger partial charge in [-0.05, 0) is 18.6 Å². The molecule has 1 fully saturated rings. The van der Waals surface area contributed by atoms with Crippen molar-refractivity contribution in [2.75, 3.05) is 7.11 Å². The molecule has 2 N–H and O–H groups in total. The van der Waals surface area contributed by atoms with Crippen molar-refractivity contribution in [1.29, 1.82) is 5.26 Å². The van der Waals surface area contributed by atoms with Crippen LogP contribution in [0, 0.1) is 17.2 Å². The summed E-state index contributed by atoms with van der Waals surface area (Å²) in [7, 11) is 1.14. The quantitative estimate of drug-likeness (QED) is 0.400. The predicted molar refractivity (Wildman–Crippen MR) is 81.5 cm³/mol. The fourth-order valence-electron chi connectivity index (χ4n) is 2.42. The molecule has 1 rings (SSSR count). The molecule has 22 heavy (non-hydrogen) atoms. The Hall–Kier alpha value is -2.01. The Bertz CT molecular complexity index is 529. The number of carbonyl (C=O) groups excluding carboxylic acids is 3. The van der Waals surface area contributed by atoms with Crippen LogP contribution in [-0.4, -0.2) is 35.4 Å². The second-order valence-corrected chi connectivity index (χ2v) is 5.55. The van der Waals surface area contributed by atoms with Crippen LogP contribution in [0.4, 0.5) is 0 Å². The molecule has 8 heteroatoms. The molecule has 0 spiro atoms. The molecule has 7 nitrogen and oxygen atoms in total. The van der Waals surface area contributed by atoms with Gasteiger partial charge in [-0.25, -0.2) is 4.79 Å². The Morgan fingerprint density at radius 1 is 1.45 bits per heavy atom. The van der Waals surface area contributed by atoms with Crippen LogP contribution in [-0.2, 0) is 19.1 Å². The first kappa shape index (κ1) is 18.0. The lowest BCUT2D eigenvalue weighted by Gasteiger charge is -2.38. The average molecular weight is 325 g/mol. The number of esters is 1. The normalized spacial score (nSPS) is 24.0. The molecule has 1 heterocycles. The topological polar surface area (TPSA) is 108 Å². The minimum atomic E-state index is -1.76. The van der Waals surface area contributed by atoms with Crippen molar-refractivity contribution in [3.05, 3.63) is 0 Å². The number of rotatable bonds is 7. The number of nitrogens with one attached hydrogen (secondary N) is 2. The van der Waals surface area contributed by atoms with E-state index in [1.54, 1.807) is 6.07 Å². The zero-order valence-electron chi connectivity index (χ0n) is 12.6. The third kappa shape index (κ3) is 3.80. The maximum absolute atomic E-state index is 12.2. The Balaban J connectivity index is 3.05. The number of methoxy groups -OCH3 is 1. The molecule has 120 valence electrons. The van der Waals surface area contributed by atoms with Crippen LogP contribution < -0.4 is 10.6 Å². The fraction of sp³-hybridized carbons (Fsp3) is 0.643. The van der Waals surface area contributed by atoms with Gasteiger partial charge in [0.2, 0.25) is 5.91 Å². The van der Waals surface area contributed by atoms with Crippen molar-refractivity contribution in [2.24, 2.45) is 5.92 Å². The SMILES string of the molecule is CCCCCC(=O)C[C@]1(C(=O)OC)NC(=S)NC(=O)[C@H]1C#N. The number of hydrogen-bond acceptors (Lipinski definition) is 6. The van der Waals surface area contributed by atoms with E-state index < -0.39 is 23.3 Å². The zero-order valence-corrected chi connectivity index (χ0v) is 13.4. The molecular weight excluding hydrogens is 306 g/mol. The standard InChI is InChI=1S/C14H19N3O4S/c1-3-4-5-6-9(18)7-14(12(20)21-2)10(8-15)11(19)16-13(22)17-14/h10H,3-7H2,1-2H3,(H2,16,17,19,22)/t10-,14+/m1/s1. The summed E-state index contributed by atoms with van der Waals surface area (Å²) in [5.41, 5.74) is -1.76. The van der Waals surface area contributed by atoms with Crippen LogP contribution in [0.2, 0.25) is 0 Å². The largest absolute Gasteiger partial charge is 0.467 e. The molecular formula is C14H19N3O4S. The number of carbonyl (C=O) groups is 3. The van der Waals surface area contributed by atoms with E-state index in [4.69, 9.17) is 17.0 Å². The molecule has 0 aliphatic carbocycles. The monoisotopic (exact) mass is 325 g/mol. The second-order valence-electron chi connectivity index (χ2n) is 5.14. The van der Waals surface area contributed by atoms with Gasteiger partial charge in [0.15, 0.2) is 16.6 Å². The molecule has 0 saturated carbocycles. The van der Waals surface area contributed by atoms with E-state index in [1.807, 2.05) is 6.92 Å². The van der Waals surface area contributed by atoms with Crippen molar-refractivity contribution in [2.45, 2.75) is 44.6 Å². The number of ether oxygens (including phenoxy) is 1. The summed E-state index contributed by atoms with van der Waals surface area (Å²) in [4.78, 5) is 36.3. The summed E-state index contributed by atoms with van der Waals surface area (Å²) in [6.45, 7) is 2.01. The fourth-order valence-corrected chi connectivity index (χ4v) is 2.71. The number of thiocarbonyl (C=S) groups is 1. The van der Waals surface area contributed by atoms with Gasteiger partial charge in [-0.15, -0.1) is 0 Å². The highest BCUT2D eigenvalue weighted by atomic mass is 32.1. The first-order chi connectivity index (χ1) is 10.4. The summed E-state index contributed by atoms with van der Waals surface area (Å²) in [6.07, 6.45) is 2.52. The van der Waals surface area contributed by atoms with Crippen LogP contribution in [0.25, 0.3) is 0 Å². The van der Waals surface area contributed by atoms with Gasteiger partial charge < -0.3 is 15.4 Å². The minimum Gasteiger partial charge on any atom is -0.467 e. The average Bonchev–Trinajstić information content (AvgIpc) is 2.46. The molecule has 0 radical (unpaired) electrons. The van der Waals surface area contributed by atoms with Gasteiger partial charge in [0.25, 0.3) is 0 Å². The third-order valence-electron chi connectivity index (χ3n) is 3.54. The highest BCUT2D eigenvalue weighted by Crippen LogP contribution is 2.28. The summed E-state index contributed by atoms with van der Waals surface area (Å²) in [5.74, 6) is -3.16. The van der Waals surface area contributed by atoms with E-state index in [2.05, 4.69) is 10.6 Å². The Morgan fingerprint density at radius 2 is 2.14 bits per heavy atom. The molecule has 2 atom stereocenters. The summed E-state index contributed by atoms with van der Waals surface area (Å²) in [5, 5.41) is 14.0. The maximum Gasteiger partial charge on any atom is 0.333 e. The lowest BCUT2D eigenvalue weighted by Crippen LogP contribution is -2.70. The molecule has 0 aromatic heterocycles. The van der Waals surface area contributed by atoms with Gasteiger partial charge in [-0.1, -0.05) is 19.8 Å². The van der Waals surface area contributed by atoms with Crippen molar-refractivity contribution < 1.29 is 19.1 Å². The lowest BCUT2D eigenvalue weighted by molar-refractivity contribution is -0.154. The van der Waals surface area contributed by atoms with Gasteiger partial charge in [-0.3, -0.25) is 9.59 Å². The minimum absolute atomic E-state index is 0.0942. The van der Waals surface area contributed by atoms with E-state index in [-0.39, 0.29) is 23.7 Å². The maximum atomic E-state index is 12.2. The summed E-state index contributed by atoms with van der Waals surface area (Å²) >= 11 is 4.89. The molecule has 1 saturated heterocycles. The highest BCUT2D eigenvalue weighted by Gasteiger charge is 2.55. The third-order valence-corrected chi connectivity index (χ3v) is 3.75. The van der Waals surface area contributed by atoms with Crippen molar-refractivity contribution in [3.8, 4) is 6.07 Å². The van der Waals surface area contributed by atoms with Crippen LogP contribution in [0.3, 0.4) is 0 Å². The second kappa shape index (κ2) is 7.84. The number of Topliss-reactive ketones (excluding diaryl/α,β-unsaturated/α-hetero) is 1. The number of ketones is 1. The first-order valence-electron chi connectivity index (χ1n) is 7.04. The molecule has 0 aromatic carbocycles. The number of nitrogens with zero attached hydrogens (tertiary/aromatic N) is 1. The van der Waals surface area contributed by atoms with Crippen LogP contribution in [0.5, 0.6) is 0 Å². The summed E-state index contributed by atoms with van der Waals surface area (Å²) < 4.78 is 4.70. The molecule has 0 aromatic rings. The van der Waals surface area contributed by atoms with Gasteiger partial charge in [0.1, 0.15) is 5.78 Å². The Morgan fingerprint density at radius 3 is 2.68 bits per heavy atom. The van der Waals surface area contributed by atoms with E-state index in [9.17, 15) is 19.6 Å². The van der Waals surface area contributed by atoms with Crippen molar-refractivity contribution >= 4 is 35.0 Å². The van der Waals surface area contributed by atoms with Crippen molar-refractivity contribution in [1.82, 2.24) is 10.6 Å². The molecule has 1 aliphatic heterocycles. The first-order valence-corrected chi connectivity index (χ1v) is 7.44. The Labute approximate surface area is 134 Å². The molecule has 1 amide bonds. The lowest BCUT2D eigenvalue weighted by atomic mass is 9.78. The van der Waals surface area contributed by atoms with Gasteiger partial charge in [0, 0.05) is 12.8 Å². The Kier molecular flexibility index (Phi) is 6.43. The predicted octanol–water partition coefficient (Wildman–Crippen LogP) is 0.582. The van der Waals surface area contributed by atoms with E-state index in [0.29, 0.717) is 6.42 Å². The van der Waals surface area contributed by atoms with Gasteiger partial charge in [-0.2, -0.15) is 5.26 Å². The van der Waals surface area contributed by atoms with E-state index >= 15 is 0 Å². The number of amides is 1. The van der Waals surface area contributed by atoms with E-state index in [0.717, 1.165) is 20.0 Å². The molecule has 0 bridgehead atoms.